The van der Waals surface area contributed by atoms with Gasteiger partial charge in [0.1, 0.15) is 23.4 Å². The molecule has 4 rings (SSSR count). The van der Waals surface area contributed by atoms with Crippen LogP contribution in [0.2, 0.25) is 0 Å². The predicted molar refractivity (Wildman–Crippen MR) is 142 cm³/mol. The van der Waals surface area contributed by atoms with Gasteiger partial charge in [-0.1, -0.05) is 45.7 Å². The van der Waals surface area contributed by atoms with Crippen LogP contribution >= 0.6 is 0 Å². The molecule has 2 aliphatic heterocycles. The van der Waals surface area contributed by atoms with E-state index in [1.807, 2.05) is 18.2 Å². The van der Waals surface area contributed by atoms with Crippen LogP contribution in [0.15, 0.2) is 30.3 Å². The van der Waals surface area contributed by atoms with Gasteiger partial charge in [0, 0.05) is 6.42 Å². The Morgan fingerprint density at radius 3 is 2.53 bits per heavy atom. The SMILES string of the molecule is COc1cc2ccc3cc2cc1CCCCCCOC(=O)N[C@@H](C(C)(C)C)C(=O)N1C[C@@]3(O)C[C@H]1C(=O)O. The zero-order valence-corrected chi connectivity index (χ0v) is 22.6. The van der Waals surface area contributed by atoms with Gasteiger partial charge in [0.15, 0.2) is 0 Å². The normalized spacial score (nSPS) is 25.4. The molecule has 0 unspecified atom stereocenters. The molecule has 2 aromatic carbocycles. The van der Waals surface area contributed by atoms with Crippen molar-refractivity contribution >= 4 is 28.7 Å². The molecule has 9 nitrogen and oxygen atoms in total. The number of rotatable bonds is 2. The van der Waals surface area contributed by atoms with Gasteiger partial charge >= 0.3 is 12.1 Å². The van der Waals surface area contributed by atoms with E-state index in [0.29, 0.717) is 12.0 Å². The van der Waals surface area contributed by atoms with Crippen molar-refractivity contribution in [2.24, 2.45) is 5.41 Å². The Labute approximate surface area is 223 Å². The van der Waals surface area contributed by atoms with E-state index in [2.05, 4.69) is 11.4 Å². The summed E-state index contributed by atoms with van der Waals surface area (Å²) < 4.78 is 11.0. The predicted octanol–water partition coefficient (Wildman–Crippen LogP) is 3.98. The van der Waals surface area contributed by atoms with E-state index in [4.69, 9.17) is 9.47 Å². The van der Waals surface area contributed by atoms with E-state index in [1.165, 1.54) is 4.90 Å². The molecule has 2 heterocycles. The van der Waals surface area contributed by atoms with Crippen LogP contribution in [0, 0.1) is 5.41 Å². The Hall–Kier alpha value is -3.33. The number of alkyl carbamates (subject to hydrolysis) is 1. The average Bonchev–Trinajstić information content (AvgIpc) is 3.23. The second-order valence-corrected chi connectivity index (χ2v) is 11.5. The second-order valence-electron chi connectivity index (χ2n) is 11.5. The maximum absolute atomic E-state index is 13.7. The Kier molecular flexibility index (Phi) is 7.88. The molecule has 0 radical (unpaired) electrons. The van der Waals surface area contributed by atoms with Gasteiger partial charge in [0.05, 0.1) is 20.3 Å². The molecule has 5 bridgehead atoms. The molecule has 0 aliphatic carbocycles. The van der Waals surface area contributed by atoms with Crippen LogP contribution in [-0.4, -0.2) is 65.4 Å². The first-order valence-electron chi connectivity index (χ1n) is 13.2. The summed E-state index contributed by atoms with van der Waals surface area (Å²) in [5.74, 6) is -0.977. The molecule has 1 fully saturated rings. The molecule has 38 heavy (non-hydrogen) atoms. The zero-order valence-electron chi connectivity index (χ0n) is 22.6. The lowest BCUT2D eigenvalue weighted by Gasteiger charge is -2.34. The van der Waals surface area contributed by atoms with Crippen molar-refractivity contribution in [3.8, 4) is 5.75 Å². The number of cyclic esters (lactones) is 1. The highest BCUT2D eigenvalue weighted by molar-refractivity contribution is 5.91. The van der Waals surface area contributed by atoms with E-state index in [9.17, 15) is 24.6 Å². The van der Waals surface area contributed by atoms with Gasteiger partial charge in [-0.05, 0) is 64.8 Å². The summed E-state index contributed by atoms with van der Waals surface area (Å²) in [5, 5.41) is 26.2. The van der Waals surface area contributed by atoms with Crippen LogP contribution in [0.25, 0.3) is 10.8 Å². The van der Waals surface area contributed by atoms with Crippen molar-refractivity contribution in [3.63, 3.8) is 0 Å². The Morgan fingerprint density at radius 2 is 1.84 bits per heavy atom. The van der Waals surface area contributed by atoms with Gasteiger partial charge in [0.2, 0.25) is 5.91 Å². The number of carboxylic acids is 1. The first-order valence-corrected chi connectivity index (χ1v) is 13.2. The lowest BCUT2D eigenvalue weighted by Crippen LogP contribution is -2.57. The Bertz CT molecular complexity index is 1220. The number of hydrogen-bond donors (Lipinski definition) is 3. The quantitative estimate of drug-likeness (QED) is 0.541. The summed E-state index contributed by atoms with van der Waals surface area (Å²) >= 11 is 0. The van der Waals surface area contributed by atoms with Crippen molar-refractivity contribution < 1.29 is 34.1 Å². The van der Waals surface area contributed by atoms with Gasteiger partial charge < -0.3 is 29.9 Å². The third kappa shape index (κ3) is 5.72. The first-order chi connectivity index (χ1) is 17.9. The van der Waals surface area contributed by atoms with Crippen LogP contribution in [-0.2, 0) is 26.3 Å². The minimum Gasteiger partial charge on any atom is -0.496 e. The average molecular weight is 527 g/mol. The maximum atomic E-state index is 13.7. The van der Waals surface area contributed by atoms with E-state index >= 15 is 0 Å². The molecule has 0 saturated carbocycles. The largest absolute Gasteiger partial charge is 0.496 e. The van der Waals surface area contributed by atoms with Gasteiger partial charge in [0.25, 0.3) is 0 Å². The zero-order chi connectivity index (χ0) is 27.7. The molecule has 2 aliphatic rings. The summed E-state index contributed by atoms with van der Waals surface area (Å²) in [4.78, 5) is 39.7. The number of amides is 2. The lowest BCUT2D eigenvalue weighted by atomic mass is 9.85. The molecule has 3 atom stereocenters. The van der Waals surface area contributed by atoms with Crippen molar-refractivity contribution in [1.29, 1.82) is 0 Å². The Morgan fingerprint density at radius 1 is 1.11 bits per heavy atom. The number of benzene rings is 2. The minimum absolute atomic E-state index is 0.163. The van der Waals surface area contributed by atoms with Crippen molar-refractivity contribution in [3.05, 3.63) is 41.5 Å². The number of hydrogen-bond acceptors (Lipinski definition) is 6. The van der Waals surface area contributed by atoms with Gasteiger partial charge in [-0.15, -0.1) is 0 Å². The molecule has 1 saturated heterocycles. The van der Waals surface area contributed by atoms with Crippen molar-refractivity contribution in [2.45, 2.75) is 77.0 Å². The number of ether oxygens (including phenoxy) is 2. The summed E-state index contributed by atoms with van der Waals surface area (Å²) in [6, 6.07) is 7.28. The highest BCUT2D eigenvalue weighted by Crippen LogP contribution is 2.39. The number of carbonyl (C=O) groups excluding carboxylic acids is 2. The van der Waals surface area contributed by atoms with Crippen LogP contribution < -0.4 is 10.1 Å². The molecule has 3 N–H and O–H groups in total. The number of nitrogens with zero attached hydrogens (tertiary/aromatic N) is 1. The number of aryl methyl sites for hydroxylation is 1. The van der Waals surface area contributed by atoms with E-state index in [-0.39, 0.29) is 19.6 Å². The number of aliphatic carboxylic acids is 1. The minimum atomic E-state index is -1.57. The molecule has 206 valence electrons. The second kappa shape index (κ2) is 10.8. The van der Waals surface area contributed by atoms with Gasteiger partial charge in [-0.3, -0.25) is 4.79 Å². The summed E-state index contributed by atoms with van der Waals surface area (Å²) in [5.41, 5.74) is -0.701. The topological polar surface area (TPSA) is 125 Å². The molecular formula is C29H38N2O7. The first kappa shape index (κ1) is 27.7. The van der Waals surface area contributed by atoms with Gasteiger partial charge in [-0.25, -0.2) is 9.59 Å². The third-order valence-electron chi connectivity index (χ3n) is 7.63. The molecule has 2 aromatic rings. The van der Waals surface area contributed by atoms with E-state index in [0.717, 1.165) is 47.8 Å². The molecule has 2 amide bonds. The number of methoxy groups -OCH3 is 1. The smallest absolute Gasteiger partial charge is 0.407 e. The summed E-state index contributed by atoms with van der Waals surface area (Å²) in [6.45, 7) is 5.38. The molecule has 0 spiro atoms. The Balaban J connectivity index is 1.77. The lowest BCUT2D eigenvalue weighted by molar-refractivity contribution is -0.150. The standard InChI is InChI=1S/C29H38N2O7/c1-28(2,3)24-25(32)31-17-29(36,16-22(31)26(33)34)21-11-10-18-15-23(37-4)19(13-20(18)14-21)9-7-5-6-8-12-38-27(35)30-24/h10-11,13-15,22,24,36H,5-9,12,16-17H2,1-4H3,(H,30,35)(H,33,34)/t22-,24+,29-/m0/s1. The van der Waals surface area contributed by atoms with E-state index in [1.54, 1.807) is 33.9 Å². The number of carbonyl (C=O) groups is 3. The fraction of sp³-hybridized carbons (Fsp3) is 0.552. The third-order valence-corrected chi connectivity index (χ3v) is 7.63. The summed E-state index contributed by atoms with van der Waals surface area (Å²) in [7, 11) is 1.65. The van der Waals surface area contributed by atoms with Crippen molar-refractivity contribution in [2.75, 3.05) is 20.3 Å². The number of aliphatic hydroxyl groups is 1. The molecular weight excluding hydrogens is 488 g/mol. The number of carboxylic acid groups (broad SMARTS) is 1. The fourth-order valence-electron chi connectivity index (χ4n) is 5.46. The number of nitrogens with one attached hydrogen (secondary N) is 1. The summed E-state index contributed by atoms with van der Waals surface area (Å²) in [6.07, 6.45) is 3.41. The monoisotopic (exact) mass is 526 g/mol. The maximum Gasteiger partial charge on any atom is 0.407 e. The van der Waals surface area contributed by atoms with Crippen LogP contribution in [0.4, 0.5) is 4.79 Å². The van der Waals surface area contributed by atoms with Crippen molar-refractivity contribution in [1.82, 2.24) is 10.2 Å². The van der Waals surface area contributed by atoms with Crippen LogP contribution in [0.3, 0.4) is 0 Å². The van der Waals surface area contributed by atoms with Crippen LogP contribution in [0.5, 0.6) is 5.75 Å². The molecule has 9 heteroatoms. The molecule has 0 aromatic heterocycles. The fourth-order valence-corrected chi connectivity index (χ4v) is 5.46. The van der Waals surface area contributed by atoms with E-state index < -0.39 is 41.1 Å². The highest BCUT2D eigenvalue weighted by atomic mass is 16.5. The van der Waals surface area contributed by atoms with Gasteiger partial charge in [-0.2, -0.15) is 0 Å². The highest BCUT2D eigenvalue weighted by Gasteiger charge is 2.51. The number of fused-ring (bicyclic) bond motifs is 5. The van der Waals surface area contributed by atoms with Crippen LogP contribution in [0.1, 0.15) is 64.0 Å².